The first-order valence-electron chi connectivity index (χ1n) is 9.24. The van der Waals surface area contributed by atoms with Gasteiger partial charge < -0.3 is 4.90 Å². The number of pyridine rings is 1. The molecule has 0 aromatic carbocycles. The zero-order valence-electron chi connectivity index (χ0n) is 15.2. The predicted octanol–water partition coefficient (Wildman–Crippen LogP) is 1.12. The average Bonchev–Trinajstić information content (AvgIpc) is 2.72. The van der Waals surface area contributed by atoms with Crippen LogP contribution in [0.3, 0.4) is 0 Å². The van der Waals surface area contributed by atoms with Gasteiger partial charge in [-0.05, 0) is 23.4 Å². The van der Waals surface area contributed by atoms with Gasteiger partial charge in [0, 0.05) is 57.2 Å². The molecule has 2 aromatic rings. The number of thioether (sulfide) groups is 1. The first-order valence-corrected chi connectivity index (χ1v) is 10.4. The summed E-state index contributed by atoms with van der Waals surface area (Å²) >= 11 is 1.86. The molecule has 0 amide bonds. The number of nitriles is 1. The molecule has 1 fully saturated rings. The number of nitrogens with zero attached hydrogens (tertiary/aromatic N) is 6. The maximum absolute atomic E-state index is 12.3. The minimum atomic E-state index is 0.00188. The smallest absolute Gasteiger partial charge is 0.267 e. The van der Waals surface area contributed by atoms with Gasteiger partial charge in [0.1, 0.15) is 11.9 Å². The van der Waals surface area contributed by atoms with Crippen molar-refractivity contribution in [1.29, 1.82) is 5.26 Å². The van der Waals surface area contributed by atoms with Crippen LogP contribution in [0.1, 0.15) is 16.8 Å². The highest BCUT2D eigenvalue weighted by Crippen LogP contribution is 2.21. The number of hydrogen-bond acceptors (Lipinski definition) is 7. The second-order valence-corrected chi connectivity index (χ2v) is 7.90. The Labute approximate surface area is 162 Å². The molecule has 2 aliphatic heterocycles. The fourth-order valence-corrected chi connectivity index (χ4v) is 4.52. The van der Waals surface area contributed by atoms with Crippen molar-refractivity contribution in [3.63, 3.8) is 0 Å². The number of piperazine rings is 1. The molecule has 0 unspecified atom stereocenters. The van der Waals surface area contributed by atoms with Crippen LogP contribution >= 0.6 is 11.8 Å². The van der Waals surface area contributed by atoms with E-state index in [0.717, 1.165) is 67.7 Å². The Morgan fingerprint density at radius 1 is 1.22 bits per heavy atom. The molecule has 27 heavy (non-hydrogen) atoms. The molecule has 0 saturated carbocycles. The van der Waals surface area contributed by atoms with Crippen molar-refractivity contribution in [3.05, 3.63) is 51.6 Å². The summed E-state index contributed by atoms with van der Waals surface area (Å²) in [5.41, 5.74) is 2.80. The van der Waals surface area contributed by atoms with E-state index in [9.17, 15) is 10.1 Å². The van der Waals surface area contributed by atoms with Crippen LogP contribution in [0.4, 0.5) is 5.82 Å². The Hall–Kier alpha value is -2.37. The molecule has 4 rings (SSSR count). The minimum absolute atomic E-state index is 0.00188. The van der Waals surface area contributed by atoms with E-state index in [-0.39, 0.29) is 5.56 Å². The van der Waals surface area contributed by atoms with Crippen molar-refractivity contribution in [2.24, 2.45) is 0 Å². The molecule has 7 nitrogen and oxygen atoms in total. The third kappa shape index (κ3) is 3.99. The van der Waals surface area contributed by atoms with E-state index >= 15 is 0 Å². The summed E-state index contributed by atoms with van der Waals surface area (Å²) in [7, 11) is 0. The van der Waals surface area contributed by atoms with Crippen LogP contribution in [0.2, 0.25) is 0 Å². The van der Waals surface area contributed by atoms with Gasteiger partial charge in [-0.25, -0.2) is 9.67 Å². The van der Waals surface area contributed by atoms with Crippen LogP contribution in [0, 0.1) is 11.3 Å². The molecule has 0 bridgehead atoms. The third-order valence-corrected chi connectivity index (χ3v) is 6.12. The number of aromatic nitrogens is 3. The van der Waals surface area contributed by atoms with Gasteiger partial charge in [-0.15, -0.1) is 0 Å². The molecule has 140 valence electrons. The average molecular weight is 382 g/mol. The van der Waals surface area contributed by atoms with Crippen molar-refractivity contribution in [2.75, 3.05) is 43.4 Å². The molecule has 0 N–H and O–H groups in total. The molecule has 0 radical (unpaired) electrons. The lowest BCUT2D eigenvalue weighted by molar-refractivity contribution is 0.242. The van der Waals surface area contributed by atoms with E-state index in [1.165, 1.54) is 0 Å². The molecular weight excluding hydrogens is 360 g/mol. The summed E-state index contributed by atoms with van der Waals surface area (Å²) in [6.07, 6.45) is 2.68. The van der Waals surface area contributed by atoms with Gasteiger partial charge in [0.15, 0.2) is 0 Å². The third-order valence-electron chi connectivity index (χ3n) is 5.11. The van der Waals surface area contributed by atoms with Crippen molar-refractivity contribution < 1.29 is 0 Å². The Balaban J connectivity index is 1.35. The fourth-order valence-electron chi connectivity index (χ4n) is 3.57. The highest BCUT2D eigenvalue weighted by molar-refractivity contribution is 7.98. The highest BCUT2D eigenvalue weighted by atomic mass is 32.2. The summed E-state index contributed by atoms with van der Waals surface area (Å²) in [5.74, 6) is 2.75. The van der Waals surface area contributed by atoms with Gasteiger partial charge in [0.05, 0.1) is 17.8 Å². The van der Waals surface area contributed by atoms with Crippen LogP contribution in [-0.2, 0) is 18.7 Å². The summed E-state index contributed by atoms with van der Waals surface area (Å²) in [6.45, 7) is 4.86. The molecule has 2 aromatic heterocycles. The summed E-state index contributed by atoms with van der Waals surface area (Å²) in [6, 6.07) is 7.58. The van der Waals surface area contributed by atoms with Crippen molar-refractivity contribution in [2.45, 2.75) is 18.7 Å². The normalized spacial score (nSPS) is 17.4. The van der Waals surface area contributed by atoms with Crippen molar-refractivity contribution in [3.8, 4) is 6.07 Å². The second-order valence-electron chi connectivity index (χ2n) is 6.80. The maximum atomic E-state index is 12.3. The summed E-state index contributed by atoms with van der Waals surface area (Å²) < 4.78 is 1.62. The van der Waals surface area contributed by atoms with Gasteiger partial charge in [-0.2, -0.15) is 22.1 Å². The molecule has 0 atom stereocenters. The van der Waals surface area contributed by atoms with Crippen LogP contribution in [0.25, 0.3) is 0 Å². The molecule has 4 heterocycles. The minimum Gasteiger partial charge on any atom is -0.353 e. The zero-order chi connectivity index (χ0) is 18.6. The van der Waals surface area contributed by atoms with Gasteiger partial charge >= 0.3 is 0 Å². The van der Waals surface area contributed by atoms with Crippen molar-refractivity contribution >= 4 is 17.6 Å². The molecule has 1 saturated heterocycles. The molecule has 0 aliphatic carbocycles. The Bertz CT molecular complexity index is 913. The lowest BCUT2D eigenvalue weighted by Gasteiger charge is -2.35. The van der Waals surface area contributed by atoms with Crippen LogP contribution in [0.15, 0.2) is 29.2 Å². The summed E-state index contributed by atoms with van der Waals surface area (Å²) in [4.78, 5) is 21.2. The zero-order valence-corrected chi connectivity index (χ0v) is 16.0. The number of aryl methyl sites for hydroxylation is 1. The van der Waals surface area contributed by atoms with Gasteiger partial charge in [0.25, 0.3) is 5.56 Å². The fraction of sp³-hybridized carbons (Fsp3) is 0.474. The molecular formula is C19H22N6OS. The topological polar surface area (TPSA) is 78.1 Å². The Morgan fingerprint density at radius 3 is 2.89 bits per heavy atom. The van der Waals surface area contributed by atoms with E-state index in [4.69, 9.17) is 0 Å². The van der Waals surface area contributed by atoms with Gasteiger partial charge in [0.2, 0.25) is 0 Å². The van der Waals surface area contributed by atoms with E-state index < -0.39 is 0 Å². The van der Waals surface area contributed by atoms with Gasteiger partial charge in [-0.1, -0.05) is 0 Å². The van der Waals surface area contributed by atoms with E-state index in [1.807, 2.05) is 11.8 Å². The number of fused-ring (bicyclic) bond motifs is 1. The van der Waals surface area contributed by atoms with Crippen molar-refractivity contribution in [1.82, 2.24) is 19.7 Å². The Morgan fingerprint density at radius 2 is 2.07 bits per heavy atom. The predicted molar refractivity (Wildman–Crippen MR) is 106 cm³/mol. The van der Waals surface area contributed by atoms with Crippen LogP contribution in [0.5, 0.6) is 0 Å². The molecule has 2 aliphatic rings. The number of anilines is 1. The van der Waals surface area contributed by atoms with E-state index in [2.05, 4.69) is 26.0 Å². The molecule has 0 spiro atoms. The largest absolute Gasteiger partial charge is 0.353 e. The number of hydrogen-bond donors (Lipinski definition) is 0. The van der Waals surface area contributed by atoms with Crippen LogP contribution in [-0.4, -0.2) is 58.1 Å². The SMILES string of the molecule is N#Cc1cccnc1N1CCN(CCn2nc3c(cc2=O)CSCC3)CC1. The monoisotopic (exact) mass is 382 g/mol. The lowest BCUT2D eigenvalue weighted by Crippen LogP contribution is -2.48. The standard InChI is InChI=1S/C19H22N6OS/c20-13-15-2-1-4-21-19(15)24-8-5-23(6-9-24)7-10-25-18(26)12-16-14-27-11-3-17(16)22-25/h1-2,4,12H,3,5-11,14H2. The lowest BCUT2D eigenvalue weighted by atomic mass is 10.2. The Kier molecular flexibility index (Phi) is 5.41. The highest BCUT2D eigenvalue weighted by Gasteiger charge is 2.20. The van der Waals surface area contributed by atoms with Crippen LogP contribution < -0.4 is 10.5 Å². The first-order chi connectivity index (χ1) is 13.2. The van der Waals surface area contributed by atoms with Gasteiger partial charge in [-0.3, -0.25) is 9.69 Å². The quantitative estimate of drug-likeness (QED) is 0.784. The molecule has 8 heteroatoms. The maximum Gasteiger partial charge on any atom is 0.267 e. The second kappa shape index (κ2) is 8.11. The van der Waals surface area contributed by atoms with E-state index in [1.54, 1.807) is 29.1 Å². The summed E-state index contributed by atoms with van der Waals surface area (Å²) in [5, 5.41) is 13.8. The number of rotatable bonds is 4. The first kappa shape index (κ1) is 18.0. The van der Waals surface area contributed by atoms with E-state index in [0.29, 0.717) is 12.1 Å².